The third-order valence-electron chi connectivity index (χ3n) is 3.95. The van der Waals surface area contributed by atoms with Gasteiger partial charge >= 0.3 is 0 Å². The monoisotopic (exact) mass is 354 g/mol. The van der Waals surface area contributed by atoms with Gasteiger partial charge in [-0.25, -0.2) is 4.98 Å². The van der Waals surface area contributed by atoms with Crippen molar-refractivity contribution in [2.24, 2.45) is 0 Å². The first kappa shape index (κ1) is 15.1. The lowest BCUT2D eigenvalue weighted by Crippen LogP contribution is -1.94. The molecule has 0 atom stereocenters. The molecule has 4 nitrogen and oxygen atoms in total. The molecule has 3 aromatic heterocycles. The van der Waals surface area contributed by atoms with E-state index in [0.29, 0.717) is 11.4 Å². The van der Waals surface area contributed by atoms with Crippen LogP contribution >= 0.6 is 22.7 Å². The van der Waals surface area contributed by atoms with Crippen LogP contribution in [0.15, 0.2) is 41.1 Å². The van der Waals surface area contributed by atoms with Crippen molar-refractivity contribution >= 4 is 33.9 Å². The summed E-state index contributed by atoms with van der Waals surface area (Å²) >= 11 is 3.20. The second-order valence-electron chi connectivity index (χ2n) is 5.36. The standard InChI is InChI=1S/C18H14N2O2S2/c1-11-8-12(5-6-15(11)22-2)17-13(9-21)20-14(10-24-18(20)19-17)16-4-3-7-23-16/h3-10H,1-2H3. The van der Waals surface area contributed by atoms with E-state index < -0.39 is 0 Å². The van der Waals surface area contributed by atoms with Crippen molar-refractivity contribution in [1.82, 2.24) is 9.38 Å². The Morgan fingerprint density at radius 2 is 2.12 bits per heavy atom. The van der Waals surface area contributed by atoms with Crippen LogP contribution in [0.3, 0.4) is 0 Å². The summed E-state index contributed by atoms with van der Waals surface area (Å²) in [5.41, 5.74) is 4.24. The molecule has 0 saturated heterocycles. The zero-order valence-electron chi connectivity index (χ0n) is 13.1. The largest absolute Gasteiger partial charge is 0.496 e. The Morgan fingerprint density at radius 1 is 1.25 bits per heavy atom. The van der Waals surface area contributed by atoms with Gasteiger partial charge in [0, 0.05) is 10.9 Å². The second kappa shape index (κ2) is 5.89. The number of hydrogen-bond acceptors (Lipinski definition) is 5. The first-order valence-corrected chi connectivity index (χ1v) is 9.13. The lowest BCUT2D eigenvalue weighted by molar-refractivity contribution is 0.111. The molecule has 0 aliphatic carbocycles. The molecule has 3 heterocycles. The van der Waals surface area contributed by atoms with E-state index in [-0.39, 0.29) is 0 Å². The molecule has 0 amide bonds. The summed E-state index contributed by atoms with van der Waals surface area (Å²) in [4.78, 5) is 18.5. The average Bonchev–Trinajstić information content (AvgIpc) is 3.30. The fourth-order valence-electron chi connectivity index (χ4n) is 2.82. The number of thiazole rings is 1. The quantitative estimate of drug-likeness (QED) is 0.489. The van der Waals surface area contributed by atoms with Crippen LogP contribution in [0.25, 0.3) is 26.8 Å². The molecule has 0 fully saturated rings. The number of thiophene rings is 1. The van der Waals surface area contributed by atoms with Gasteiger partial charge in [-0.1, -0.05) is 6.07 Å². The van der Waals surface area contributed by atoms with Crippen LogP contribution in [0.2, 0.25) is 0 Å². The van der Waals surface area contributed by atoms with Gasteiger partial charge in [0.25, 0.3) is 0 Å². The van der Waals surface area contributed by atoms with Crippen LogP contribution in [0.5, 0.6) is 5.75 Å². The lowest BCUT2D eigenvalue weighted by Gasteiger charge is -2.06. The summed E-state index contributed by atoms with van der Waals surface area (Å²) in [6, 6.07) is 9.92. The van der Waals surface area contributed by atoms with Crippen LogP contribution in [-0.2, 0) is 0 Å². The maximum absolute atomic E-state index is 11.8. The summed E-state index contributed by atoms with van der Waals surface area (Å²) in [6.07, 6.45) is 0.888. The molecule has 0 N–H and O–H groups in total. The highest BCUT2D eigenvalue weighted by atomic mass is 32.1. The number of carbonyl (C=O) groups is 1. The van der Waals surface area contributed by atoms with E-state index in [0.717, 1.165) is 38.7 Å². The summed E-state index contributed by atoms with van der Waals surface area (Å²) in [6.45, 7) is 1.98. The van der Waals surface area contributed by atoms with Gasteiger partial charge in [-0.2, -0.15) is 0 Å². The maximum atomic E-state index is 11.8. The Labute approximate surface area is 147 Å². The van der Waals surface area contributed by atoms with E-state index in [1.807, 2.05) is 46.4 Å². The van der Waals surface area contributed by atoms with Crippen molar-refractivity contribution in [2.75, 3.05) is 7.11 Å². The van der Waals surface area contributed by atoms with E-state index in [1.165, 1.54) is 0 Å². The first-order valence-electron chi connectivity index (χ1n) is 7.37. The van der Waals surface area contributed by atoms with Gasteiger partial charge in [0.05, 0.1) is 17.7 Å². The number of hydrogen-bond donors (Lipinski definition) is 0. The zero-order valence-corrected chi connectivity index (χ0v) is 14.8. The van der Waals surface area contributed by atoms with Crippen molar-refractivity contribution in [1.29, 1.82) is 0 Å². The molecule has 0 bridgehead atoms. The Hall–Kier alpha value is -2.44. The highest BCUT2D eigenvalue weighted by molar-refractivity contribution is 7.17. The van der Waals surface area contributed by atoms with Gasteiger partial charge in [-0.3, -0.25) is 9.20 Å². The van der Waals surface area contributed by atoms with E-state index in [9.17, 15) is 4.79 Å². The number of aryl methyl sites for hydroxylation is 1. The fraction of sp³-hybridized carbons (Fsp3) is 0.111. The number of nitrogens with zero attached hydrogens (tertiary/aromatic N) is 2. The zero-order chi connectivity index (χ0) is 16.7. The lowest BCUT2D eigenvalue weighted by atomic mass is 10.1. The van der Waals surface area contributed by atoms with Crippen molar-refractivity contribution in [3.05, 3.63) is 52.3 Å². The first-order chi connectivity index (χ1) is 11.7. The molecule has 0 unspecified atom stereocenters. The van der Waals surface area contributed by atoms with Crippen molar-refractivity contribution < 1.29 is 9.53 Å². The summed E-state index contributed by atoms with van der Waals surface area (Å²) in [5, 5.41) is 4.08. The number of rotatable bonds is 4. The molecule has 24 heavy (non-hydrogen) atoms. The normalized spacial score (nSPS) is 11.1. The molecule has 0 spiro atoms. The summed E-state index contributed by atoms with van der Waals surface area (Å²) in [5.74, 6) is 0.826. The van der Waals surface area contributed by atoms with Gasteiger partial charge in [0.1, 0.15) is 17.1 Å². The number of benzene rings is 1. The Morgan fingerprint density at radius 3 is 2.79 bits per heavy atom. The number of carbonyl (C=O) groups excluding carboxylic acids is 1. The molecule has 6 heteroatoms. The Kier molecular flexibility index (Phi) is 3.70. The van der Waals surface area contributed by atoms with Crippen LogP contribution in [0.1, 0.15) is 16.1 Å². The number of ether oxygens (including phenoxy) is 1. The molecule has 0 radical (unpaired) electrons. The minimum absolute atomic E-state index is 0.583. The molecule has 120 valence electrons. The number of imidazole rings is 1. The number of aromatic nitrogens is 2. The van der Waals surface area contributed by atoms with Crippen LogP contribution < -0.4 is 4.74 Å². The predicted molar refractivity (Wildman–Crippen MR) is 98.5 cm³/mol. The van der Waals surface area contributed by atoms with E-state index >= 15 is 0 Å². The van der Waals surface area contributed by atoms with Crippen LogP contribution in [0.4, 0.5) is 0 Å². The fourth-order valence-corrected chi connectivity index (χ4v) is 4.53. The van der Waals surface area contributed by atoms with Gasteiger partial charge in [0.2, 0.25) is 0 Å². The van der Waals surface area contributed by atoms with Crippen molar-refractivity contribution in [3.8, 4) is 27.6 Å². The van der Waals surface area contributed by atoms with Gasteiger partial charge in [0.15, 0.2) is 11.2 Å². The number of methoxy groups -OCH3 is 1. The molecule has 4 aromatic rings. The Bertz CT molecular complexity index is 1030. The van der Waals surface area contributed by atoms with E-state index in [1.54, 1.807) is 29.8 Å². The molecular weight excluding hydrogens is 340 g/mol. The van der Waals surface area contributed by atoms with Gasteiger partial charge < -0.3 is 4.74 Å². The van der Waals surface area contributed by atoms with Gasteiger partial charge in [-0.15, -0.1) is 22.7 Å². The van der Waals surface area contributed by atoms with Crippen molar-refractivity contribution in [2.45, 2.75) is 6.92 Å². The smallest absolute Gasteiger partial charge is 0.195 e. The summed E-state index contributed by atoms with van der Waals surface area (Å²) in [7, 11) is 1.65. The highest BCUT2D eigenvalue weighted by Gasteiger charge is 2.19. The van der Waals surface area contributed by atoms with E-state index in [2.05, 4.69) is 6.07 Å². The SMILES string of the molecule is COc1ccc(-c2nc3scc(-c4cccs4)n3c2C=O)cc1C. The topological polar surface area (TPSA) is 43.6 Å². The molecule has 0 aliphatic rings. The molecule has 1 aromatic carbocycles. The predicted octanol–water partition coefficient (Wildman–Crippen LogP) is 4.92. The van der Waals surface area contributed by atoms with Crippen LogP contribution in [-0.4, -0.2) is 22.8 Å². The summed E-state index contributed by atoms with van der Waals surface area (Å²) < 4.78 is 7.26. The third-order valence-corrected chi connectivity index (χ3v) is 5.67. The minimum Gasteiger partial charge on any atom is -0.496 e. The highest BCUT2D eigenvalue weighted by Crippen LogP contribution is 2.35. The molecule has 0 aliphatic heterocycles. The minimum atomic E-state index is 0.583. The van der Waals surface area contributed by atoms with E-state index in [4.69, 9.17) is 9.72 Å². The van der Waals surface area contributed by atoms with Crippen LogP contribution in [0, 0.1) is 6.92 Å². The number of fused-ring (bicyclic) bond motifs is 1. The average molecular weight is 354 g/mol. The molecule has 4 rings (SSSR count). The van der Waals surface area contributed by atoms with Gasteiger partial charge in [-0.05, 0) is 42.1 Å². The molecule has 0 saturated carbocycles. The van der Waals surface area contributed by atoms with Crippen molar-refractivity contribution in [3.63, 3.8) is 0 Å². The number of aldehydes is 1. The third kappa shape index (κ3) is 2.26. The Balaban J connectivity index is 1.94. The maximum Gasteiger partial charge on any atom is 0.195 e. The molecular formula is C18H14N2O2S2. The second-order valence-corrected chi connectivity index (χ2v) is 7.15.